The maximum absolute atomic E-state index is 12.1. The number of anilines is 1. The number of hydrogen-bond donors (Lipinski definition) is 1. The van der Waals surface area contributed by atoms with Gasteiger partial charge in [-0.2, -0.15) is 0 Å². The molecular weight excluding hydrogens is 284 g/mol. The second-order valence-corrected chi connectivity index (χ2v) is 6.91. The van der Waals surface area contributed by atoms with Crippen LogP contribution in [-0.4, -0.2) is 30.9 Å². The minimum Gasteiger partial charge on any atom is -0.381 e. The van der Waals surface area contributed by atoms with Crippen LogP contribution in [0.1, 0.15) is 43.5 Å². The van der Waals surface area contributed by atoms with Crippen LogP contribution in [0.4, 0.5) is 5.69 Å². The van der Waals surface area contributed by atoms with Crippen LogP contribution in [0.3, 0.4) is 0 Å². The third-order valence-electron chi connectivity index (χ3n) is 4.58. The maximum Gasteiger partial charge on any atom is 0.253 e. The van der Waals surface area contributed by atoms with Crippen LogP contribution in [0.2, 0.25) is 5.02 Å². The van der Waals surface area contributed by atoms with Gasteiger partial charge in [-0.1, -0.05) is 25.4 Å². The van der Waals surface area contributed by atoms with Crippen LogP contribution in [0, 0.1) is 11.8 Å². The molecule has 0 radical (unpaired) electrons. The molecule has 0 saturated heterocycles. The molecule has 3 atom stereocenters. The minimum atomic E-state index is 0.000325. The molecule has 2 rings (SSSR count). The van der Waals surface area contributed by atoms with E-state index in [4.69, 9.17) is 11.6 Å². The van der Waals surface area contributed by atoms with Gasteiger partial charge in [-0.3, -0.25) is 4.79 Å². The van der Waals surface area contributed by atoms with Crippen molar-refractivity contribution >= 4 is 23.2 Å². The number of nitrogens with zero attached hydrogens (tertiary/aromatic N) is 1. The first kappa shape index (κ1) is 16.2. The third-order valence-corrected chi connectivity index (χ3v) is 4.91. The van der Waals surface area contributed by atoms with Crippen LogP contribution in [0.5, 0.6) is 0 Å². The molecule has 1 saturated carbocycles. The molecular formula is C17H25ClN2O. The number of hydrogen-bond acceptors (Lipinski definition) is 2. The van der Waals surface area contributed by atoms with E-state index in [-0.39, 0.29) is 5.91 Å². The highest BCUT2D eigenvalue weighted by molar-refractivity contribution is 6.33. The molecule has 0 heterocycles. The molecule has 1 N–H and O–H groups in total. The molecule has 0 aromatic heterocycles. The molecule has 21 heavy (non-hydrogen) atoms. The van der Waals surface area contributed by atoms with Crippen molar-refractivity contribution in [2.24, 2.45) is 11.8 Å². The van der Waals surface area contributed by atoms with E-state index in [1.165, 1.54) is 6.42 Å². The van der Waals surface area contributed by atoms with E-state index in [1.54, 1.807) is 31.1 Å². The number of carbonyl (C=O) groups excluding carboxylic acids is 1. The van der Waals surface area contributed by atoms with E-state index in [0.29, 0.717) is 16.6 Å². The minimum absolute atomic E-state index is 0.000325. The van der Waals surface area contributed by atoms with E-state index in [9.17, 15) is 4.79 Å². The highest BCUT2D eigenvalue weighted by Gasteiger charge is 2.25. The molecule has 1 aromatic carbocycles. The summed E-state index contributed by atoms with van der Waals surface area (Å²) in [6, 6.07) is 5.89. The zero-order chi connectivity index (χ0) is 15.6. The van der Waals surface area contributed by atoms with E-state index in [0.717, 1.165) is 30.4 Å². The van der Waals surface area contributed by atoms with Gasteiger partial charge in [0.15, 0.2) is 0 Å². The SMILES string of the molecule is CC1CCC(Nc2cc(C(=O)N(C)C)ccc2Cl)CC1C. The van der Waals surface area contributed by atoms with Gasteiger partial charge in [-0.05, 0) is 49.3 Å². The molecule has 1 aliphatic carbocycles. The van der Waals surface area contributed by atoms with Crippen LogP contribution >= 0.6 is 11.6 Å². The Bertz CT molecular complexity index is 516. The first-order valence-corrected chi connectivity index (χ1v) is 8.04. The zero-order valence-electron chi connectivity index (χ0n) is 13.3. The van der Waals surface area contributed by atoms with Crippen LogP contribution < -0.4 is 5.32 Å². The highest BCUT2D eigenvalue weighted by atomic mass is 35.5. The summed E-state index contributed by atoms with van der Waals surface area (Å²) in [7, 11) is 3.52. The van der Waals surface area contributed by atoms with Gasteiger partial charge in [0.25, 0.3) is 5.91 Å². The molecule has 1 aliphatic rings. The van der Waals surface area contributed by atoms with Gasteiger partial charge < -0.3 is 10.2 Å². The molecule has 0 bridgehead atoms. The van der Waals surface area contributed by atoms with Crippen molar-refractivity contribution in [2.75, 3.05) is 19.4 Å². The molecule has 1 fully saturated rings. The summed E-state index contributed by atoms with van der Waals surface area (Å²) in [4.78, 5) is 13.6. The van der Waals surface area contributed by atoms with E-state index in [2.05, 4.69) is 19.2 Å². The van der Waals surface area contributed by atoms with E-state index in [1.807, 2.05) is 6.07 Å². The first-order chi connectivity index (χ1) is 9.88. The Kier molecular flexibility index (Phi) is 5.15. The quantitative estimate of drug-likeness (QED) is 0.904. The Morgan fingerprint density at radius 1 is 1.24 bits per heavy atom. The van der Waals surface area contributed by atoms with Gasteiger partial charge in [-0.15, -0.1) is 0 Å². The summed E-state index contributed by atoms with van der Waals surface area (Å²) in [6.07, 6.45) is 3.56. The Hall–Kier alpha value is -1.22. The van der Waals surface area contributed by atoms with Gasteiger partial charge in [0.05, 0.1) is 10.7 Å². The average Bonchev–Trinajstić information content (AvgIpc) is 2.44. The predicted octanol–water partition coefficient (Wildman–Crippen LogP) is 4.28. The molecule has 1 amide bonds. The fourth-order valence-corrected chi connectivity index (χ4v) is 3.10. The lowest BCUT2D eigenvalue weighted by atomic mass is 9.79. The summed E-state index contributed by atoms with van der Waals surface area (Å²) >= 11 is 6.28. The van der Waals surface area contributed by atoms with Crippen LogP contribution in [0.25, 0.3) is 0 Å². The Morgan fingerprint density at radius 3 is 2.57 bits per heavy atom. The van der Waals surface area contributed by atoms with Crippen molar-refractivity contribution in [2.45, 2.75) is 39.2 Å². The summed E-state index contributed by atoms with van der Waals surface area (Å²) in [5, 5.41) is 4.21. The van der Waals surface area contributed by atoms with Gasteiger partial charge in [0, 0.05) is 25.7 Å². The summed E-state index contributed by atoms with van der Waals surface area (Å²) in [5.74, 6) is 1.52. The summed E-state index contributed by atoms with van der Waals surface area (Å²) in [6.45, 7) is 4.64. The first-order valence-electron chi connectivity index (χ1n) is 7.66. The van der Waals surface area contributed by atoms with Crippen molar-refractivity contribution in [1.29, 1.82) is 0 Å². The van der Waals surface area contributed by atoms with Crippen molar-refractivity contribution in [3.05, 3.63) is 28.8 Å². The molecule has 0 spiro atoms. The normalized spacial score (nSPS) is 25.5. The van der Waals surface area contributed by atoms with Crippen LogP contribution in [0.15, 0.2) is 18.2 Å². The number of halogens is 1. The number of amides is 1. The Morgan fingerprint density at radius 2 is 1.95 bits per heavy atom. The molecule has 3 nitrogen and oxygen atoms in total. The topological polar surface area (TPSA) is 32.3 Å². The van der Waals surface area contributed by atoms with Gasteiger partial charge in [-0.25, -0.2) is 0 Å². The standard InChI is InChI=1S/C17H25ClN2O/c1-11-5-7-14(9-12(11)2)19-16-10-13(6-8-15(16)18)17(21)20(3)4/h6,8,10-12,14,19H,5,7,9H2,1-4H3. The Balaban J connectivity index is 2.12. The molecule has 0 aliphatic heterocycles. The van der Waals surface area contributed by atoms with E-state index < -0.39 is 0 Å². The number of nitrogens with one attached hydrogen (secondary N) is 1. The van der Waals surface area contributed by atoms with E-state index >= 15 is 0 Å². The second kappa shape index (κ2) is 6.69. The van der Waals surface area contributed by atoms with Crippen molar-refractivity contribution in [3.63, 3.8) is 0 Å². The van der Waals surface area contributed by atoms with Gasteiger partial charge >= 0.3 is 0 Å². The second-order valence-electron chi connectivity index (χ2n) is 6.50. The smallest absolute Gasteiger partial charge is 0.253 e. The predicted molar refractivity (Wildman–Crippen MR) is 89.1 cm³/mol. The third kappa shape index (κ3) is 3.91. The monoisotopic (exact) mass is 308 g/mol. The number of rotatable bonds is 3. The lowest BCUT2D eigenvalue weighted by molar-refractivity contribution is 0.0827. The molecule has 3 unspecified atom stereocenters. The highest BCUT2D eigenvalue weighted by Crippen LogP contribution is 2.33. The average molecular weight is 309 g/mol. The zero-order valence-corrected chi connectivity index (χ0v) is 14.1. The lowest BCUT2D eigenvalue weighted by Gasteiger charge is -2.33. The largest absolute Gasteiger partial charge is 0.381 e. The summed E-state index contributed by atoms with van der Waals surface area (Å²) in [5.41, 5.74) is 1.54. The fourth-order valence-electron chi connectivity index (χ4n) is 2.93. The van der Waals surface area contributed by atoms with Crippen molar-refractivity contribution in [1.82, 2.24) is 4.90 Å². The Labute approximate surface area is 132 Å². The fraction of sp³-hybridized carbons (Fsp3) is 0.588. The molecule has 116 valence electrons. The van der Waals surface area contributed by atoms with Gasteiger partial charge in [0.1, 0.15) is 0 Å². The molecule has 4 heteroatoms. The maximum atomic E-state index is 12.1. The van der Waals surface area contributed by atoms with Crippen molar-refractivity contribution in [3.8, 4) is 0 Å². The van der Waals surface area contributed by atoms with Crippen molar-refractivity contribution < 1.29 is 4.79 Å². The number of benzene rings is 1. The lowest BCUT2D eigenvalue weighted by Crippen LogP contribution is -2.30. The number of carbonyl (C=O) groups is 1. The van der Waals surface area contributed by atoms with Gasteiger partial charge in [0.2, 0.25) is 0 Å². The van der Waals surface area contributed by atoms with Crippen LogP contribution in [-0.2, 0) is 0 Å². The summed E-state index contributed by atoms with van der Waals surface area (Å²) < 4.78 is 0. The molecule has 1 aromatic rings.